The van der Waals surface area contributed by atoms with Crippen LogP contribution in [0.1, 0.15) is 0 Å². The van der Waals surface area contributed by atoms with Gasteiger partial charge < -0.3 is 9.47 Å². The Balaban J connectivity index is 2.86. The summed E-state index contributed by atoms with van der Waals surface area (Å²) in [4.78, 5) is 11.1. The largest absolute Gasteiger partial charge is 0.515 e. The third kappa shape index (κ3) is 4.54. The predicted molar refractivity (Wildman–Crippen MR) is 61.9 cm³/mol. The minimum absolute atomic E-state index is 0.682. The molecule has 0 saturated heterocycles. The van der Waals surface area contributed by atoms with Crippen molar-refractivity contribution in [2.24, 2.45) is 0 Å². The summed E-state index contributed by atoms with van der Waals surface area (Å²) in [5.41, 5.74) is 0. The van der Waals surface area contributed by atoms with Gasteiger partial charge in [0.1, 0.15) is 6.61 Å². The van der Waals surface area contributed by atoms with Gasteiger partial charge in [0.25, 0.3) is 0 Å². The van der Waals surface area contributed by atoms with Crippen LogP contribution in [0.5, 0.6) is 5.75 Å². The third-order valence-electron chi connectivity index (χ3n) is 2.00. The molecule has 126 valence electrons. The molecule has 0 amide bonds. The van der Waals surface area contributed by atoms with Gasteiger partial charge in [-0.25, -0.2) is 18.0 Å². The minimum Gasteiger partial charge on any atom is -0.415 e. The fraction of sp³-hybridized carbons (Fsp3) is 0.182. The highest BCUT2D eigenvalue weighted by atomic mass is 32.2. The van der Waals surface area contributed by atoms with Crippen LogP contribution in [0.3, 0.4) is 0 Å². The quantitative estimate of drug-likeness (QED) is 0.152. The van der Waals surface area contributed by atoms with E-state index in [1.807, 2.05) is 0 Å². The zero-order valence-electron chi connectivity index (χ0n) is 10.7. The maximum atomic E-state index is 13.2. The van der Waals surface area contributed by atoms with Crippen molar-refractivity contribution in [3.05, 3.63) is 29.1 Å². The molecule has 0 spiro atoms. The second-order valence-corrected chi connectivity index (χ2v) is 5.12. The number of halogens is 5. The lowest BCUT2D eigenvalue weighted by atomic mass is 10.3. The Kier molecular flexibility index (Phi) is 5.88. The van der Waals surface area contributed by atoms with E-state index < -0.39 is 63.7 Å². The van der Waals surface area contributed by atoms with Gasteiger partial charge in [-0.1, -0.05) is 5.92 Å². The van der Waals surface area contributed by atoms with E-state index in [4.69, 9.17) is 6.42 Å². The van der Waals surface area contributed by atoms with Gasteiger partial charge >= 0.3 is 16.3 Å². The number of hydrogen-bond donors (Lipinski definition) is 0. The van der Waals surface area contributed by atoms with Crippen LogP contribution in [-0.2, 0) is 19.0 Å². The Hall–Kier alpha value is -2.39. The fourth-order valence-electron chi connectivity index (χ4n) is 1.07. The predicted octanol–water partition coefficient (Wildman–Crippen LogP) is 1.83. The summed E-state index contributed by atoms with van der Waals surface area (Å²) < 4.78 is 98.7. The van der Waals surface area contributed by atoms with E-state index in [-0.39, 0.29) is 0 Å². The molecule has 12 heteroatoms. The topological polar surface area (TPSA) is 78.9 Å². The van der Waals surface area contributed by atoms with Gasteiger partial charge in [0, 0.05) is 0 Å². The molecule has 0 aliphatic heterocycles. The van der Waals surface area contributed by atoms with Crippen LogP contribution in [0, 0.1) is 41.4 Å². The molecule has 0 fully saturated rings. The van der Waals surface area contributed by atoms with E-state index >= 15 is 0 Å². The summed E-state index contributed by atoms with van der Waals surface area (Å²) in [5, 5.41) is 0. The van der Waals surface area contributed by atoms with Gasteiger partial charge in [-0.15, -0.1) is 6.42 Å². The first kappa shape index (κ1) is 18.7. The van der Waals surface area contributed by atoms with E-state index in [1.54, 1.807) is 5.92 Å². The van der Waals surface area contributed by atoms with Crippen LogP contribution in [0.25, 0.3) is 0 Å². The zero-order valence-corrected chi connectivity index (χ0v) is 11.6. The Morgan fingerprint density at radius 2 is 1.48 bits per heavy atom. The first-order valence-corrected chi connectivity index (χ1v) is 6.85. The molecule has 1 rings (SSSR count). The van der Waals surface area contributed by atoms with Crippen molar-refractivity contribution < 1.29 is 48.8 Å². The Bertz CT molecular complexity index is 741. The fourth-order valence-corrected chi connectivity index (χ4v) is 1.62. The molecule has 0 aliphatic carbocycles. The van der Waals surface area contributed by atoms with Crippen molar-refractivity contribution in [2.75, 3.05) is 12.5 Å². The van der Waals surface area contributed by atoms with E-state index in [0.717, 1.165) is 0 Å². The lowest BCUT2D eigenvalue weighted by Gasteiger charge is -2.09. The van der Waals surface area contributed by atoms with Crippen LogP contribution >= 0.6 is 0 Å². The number of ether oxygens (including phenoxy) is 2. The number of terminal acetylenes is 1. The highest BCUT2D eigenvalue weighted by Crippen LogP contribution is 2.29. The van der Waals surface area contributed by atoms with Crippen molar-refractivity contribution in [1.82, 2.24) is 0 Å². The van der Waals surface area contributed by atoms with Gasteiger partial charge in [0.15, 0.2) is 0 Å². The van der Waals surface area contributed by atoms with Gasteiger partial charge in [-0.3, -0.25) is 4.18 Å². The molecule has 0 unspecified atom stereocenters. The van der Waals surface area contributed by atoms with Crippen LogP contribution in [-0.4, -0.2) is 27.1 Å². The Labute approximate surface area is 125 Å². The highest BCUT2D eigenvalue weighted by molar-refractivity contribution is 7.86. The smallest absolute Gasteiger partial charge is 0.415 e. The van der Waals surface area contributed by atoms with E-state index in [9.17, 15) is 35.2 Å². The number of hydrogen-bond acceptors (Lipinski definition) is 6. The third-order valence-corrected chi connectivity index (χ3v) is 2.88. The number of carbonyl (C=O) groups is 1. The summed E-state index contributed by atoms with van der Waals surface area (Å²) in [5.74, 6) is -13.7. The summed E-state index contributed by atoms with van der Waals surface area (Å²) in [6, 6.07) is 0. The van der Waals surface area contributed by atoms with Crippen molar-refractivity contribution >= 4 is 16.3 Å². The lowest BCUT2D eigenvalue weighted by Crippen LogP contribution is -2.20. The van der Waals surface area contributed by atoms with E-state index in [2.05, 4.69) is 13.7 Å². The van der Waals surface area contributed by atoms with Crippen LogP contribution in [0.4, 0.5) is 26.7 Å². The molecular formula is C11H5F5O6S. The molecule has 1 aromatic carbocycles. The number of benzene rings is 1. The number of rotatable bonds is 5. The van der Waals surface area contributed by atoms with Crippen LogP contribution in [0.15, 0.2) is 0 Å². The van der Waals surface area contributed by atoms with Crippen molar-refractivity contribution in [1.29, 1.82) is 0 Å². The summed E-state index contributed by atoms with van der Waals surface area (Å²) in [7, 11) is -4.44. The summed E-state index contributed by atoms with van der Waals surface area (Å²) >= 11 is 0. The van der Waals surface area contributed by atoms with Crippen LogP contribution in [0.2, 0.25) is 0 Å². The monoisotopic (exact) mass is 360 g/mol. The zero-order chi connectivity index (χ0) is 17.8. The molecule has 0 saturated carbocycles. The second-order valence-electron chi connectivity index (χ2n) is 3.54. The van der Waals surface area contributed by atoms with E-state index in [1.165, 1.54) is 0 Å². The van der Waals surface area contributed by atoms with Gasteiger partial charge in [-0.05, 0) is 0 Å². The average Bonchev–Trinajstić information content (AvgIpc) is 2.51. The first-order valence-electron chi connectivity index (χ1n) is 5.27. The van der Waals surface area contributed by atoms with E-state index in [0.29, 0.717) is 0 Å². The molecule has 0 aromatic heterocycles. The highest BCUT2D eigenvalue weighted by Gasteiger charge is 2.29. The molecular weight excluding hydrogens is 355 g/mol. The SMILES string of the molecule is C#CCOS(=O)(=O)COC(=O)Oc1c(F)c(F)c(F)c(F)c1F. The molecule has 0 heterocycles. The molecule has 0 aliphatic rings. The molecule has 0 N–H and O–H groups in total. The first-order chi connectivity index (χ1) is 10.6. The van der Waals surface area contributed by atoms with Crippen LogP contribution < -0.4 is 4.74 Å². The molecule has 0 atom stereocenters. The molecule has 6 nitrogen and oxygen atoms in total. The van der Waals surface area contributed by atoms with Crippen molar-refractivity contribution in [2.45, 2.75) is 0 Å². The molecule has 0 bridgehead atoms. The molecule has 23 heavy (non-hydrogen) atoms. The average molecular weight is 360 g/mol. The Morgan fingerprint density at radius 1 is 1.00 bits per heavy atom. The number of carbonyl (C=O) groups excluding carboxylic acids is 1. The minimum atomic E-state index is -4.44. The van der Waals surface area contributed by atoms with Crippen molar-refractivity contribution in [3.8, 4) is 18.1 Å². The Morgan fingerprint density at radius 3 is 1.96 bits per heavy atom. The van der Waals surface area contributed by atoms with Gasteiger partial charge in [0.2, 0.25) is 40.8 Å². The summed E-state index contributed by atoms with van der Waals surface area (Å²) in [6.07, 6.45) is 2.66. The second kappa shape index (κ2) is 7.25. The summed E-state index contributed by atoms with van der Waals surface area (Å²) in [6.45, 7) is -0.682. The maximum absolute atomic E-state index is 13.2. The van der Waals surface area contributed by atoms with Gasteiger partial charge in [0.05, 0.1) is 0 Å². The lowest BCUT2D eigenvalue weighted by molar-refractivity contribution is 0.107. The van der Waals surface area contributed by atoms with Gasteiger partial charge in [-0.2, -0.15) is 17.2 Å². The van der Waals surface area contributed by atoms with Crippen molar-refractivity contribution in [3.63, 3.8) is 0 Å². The standard InChI is InChI=1S/C11H5F5O6S/c1-2-3-21-23(18,19)4-20-11(17)22-10-8(15)6(13)5(12)7(14)9(10)16/h1H,3-4H2. The normalized spacial score (nSPS) is 11.0. The maximum Gasteiger partial charge on any atom is 0.515 e. The molecule has 1 aromatic rings. The molecule has 0 radical (unpaired) electrons.